The van der Waals surface area contributed by atoms with Crippen molar-refractivity contribution in [2.24, 2.45) is 0 Å². The van der Waals surface area contributed by atoms with Crippen molar-refractivity contribution in [1.29, 1.82) is 0 Å². The van der Waals surface area contributed by atoms with Crippen molar-refractivity contribution in [3.05, 3.63) is 82.8 Å². The van der Waals surface area contributed by atoms with E-state index in [1.165, 1.54) is 6.39 Å². The molecule has 3 N–H and O–H groups in total. The molecule has 3 aromatic heterocycles. The number of benzene rings is 2. The van der Waals surface area contributed by atoms with Crippen LogP contribution in [0.3, 0.4) is 0 Å². The van der Waals surface area contributed by atoms with Crippen molar-refractivity contribution >= 4 is 28.2 Å². The van der Waals surface area contributed by atoms with Gasteiger partial charge in [-0.15, -0.1) is 10.2 Å². The van der Waals surface area contributed by atoms with Crippen LogP contribution < -0.4 is 16.3 Å². The number of aliphatic hydroxyl groups is 1. The summed E-state index contributed by atoms with van der Waals surface area (Å²) in [6, 6.07) is 14.4. The van der Waals surface area contributed by atoms with Crippen LogP contribution >= 0.6 is 0 Å². The molecule has 0 radical (unpaired) electrons. The van der Waals surface area contributed by atoms with Gasteiger partial charge in [-0.25, -0.2) is 9.78 Å². The van der Waals surface area contributed by atoms with Crippen LogP contribution in [0.4, 0.5) is 17.5 Å². The highest BCUT2D eigenvalue weighted by atomic mass is 16.5. The lowest BCUT2D eigenvalue weighted by atomic mass is 10.1. The van der Waals surface area contributed by atoms with Crippen molar-refractivity contribution in [2.45, 2.75) is 24.8 Å². The van der Waals surface area contributed by atoms with Gasteiger partial charge in [0.05, 0.1) is 29.3 Å². The second-order valence-corrected chi connectivity index (χ2v) is 8.50. The molecule has 0 saturated heterocycles. The first-order chi connectivity index (χ1) is 17.7. The van der Waals surface area contributed by atoms with Gasteiger partial charge in [0, 0.05) is 23.2 Å². The normalized spacial score (nSPS) is 14.0. The predicted octanol–water partition coefficient (Wildman–Crippen LogP) is 3.79. The molecular formula is C25H21N7O4. The molecule has 1 saturated carbocycles. The summed E-state index contributed by atoms with van der Waals surface area (Å²) < 4.78 is 10.3. The molecule has 0 amide bonds. The van der Waals surface area contributed by atoms with Crippen molar-refractivity contribution < 1.29 is 14.0 Å². The molecule has 11 nitrogen and oxygen atoms in total. The third-order valence-electron chi connectivity index (χ3n) is 6.04. The third-order valence-corrected chi connectivity index (χ3v) is 6.04. The molecule has 1 aliphatic rings. The first-order valence-corrected chi connectivity index (χ1v) is 11.5. The molecular weight excluding hydrogens is 462 g/mol. The molecule has 180 valence electrons. The number of nitrogens with zero attached hydrogens (tertiary/aromatic N) is 5. The van der Waals surface area contributed by atoms with Crippen molar-refractivity contribution in [3.8, 4) is 11.5 Å². The van der Waals surface area contributed by atoms with Gasteiger partial charge in [0.25, 0.3) is 5.89 Å². The molecule has 1 atom stereocenters. The summed E-state index contributed by atoms with van der Waals surface area (Å²) in [4.78, 5) is 21.2. The molecule has 2 aromatic carbocycles. The fraction of sp³-hybridized carbons (Fsp3) is 0.200. The molecule has 0 unspecified atom stereocenters. The van der Waals surface area contributed by atoms with E-state index in [0.717, 1.165) is 29.5 Å². The van der Waals surface area contributed by atoms with Gasteiger partial charge >= 0.3 is 5.63 Å². The largest absolute Gasteiger partial charge is 0.423 e. The highest BCUT2D eigenvalue weighted by Gasteiger charge is 2.28. The maximum Gasteiger partial charge on any atom is 0.366 e. The minimum absolute atomic E-state index is 0.162. The smallest absolute Gasteiger partial charge is 0.366 e. The summed E-state index contributed by atoms with van der Waals surface area (Å²) in [5.41, 5.74) is 2.39. The van der Waals surface area contributed by atoms with E-state index in [-0.39, 0.29) is 12.5 Å². The summed E-state index contributed by atoms with van der Waals surface area (Å²) in [6.45, 7) is -0.162. The fourth-order valence-electron chi connectivity index (χ4n) is 4.06. The van der Waals surface area contributed by atoms with Crippen LogP contribution in [0.15, 0.2) is 74.9 Å². The highest BCUT2D eigenvalue weighted by Crippen LogP contribution is 2.41. The Morgan fingerprint density at radius 3 is 2.72 bits per heavy atom. The molecule has 5 aromatic rings. The Morgan fingerprint density at radius 1 is 1.11 bits per heavy atom. The van der Waals surface area contributed by atoms with Crippen LogP contribution in [0, 0.1) is 0 Å². The molecule has 36 heavy (non-hydrogen) atoms. The van der Waals surface area contributed by atoms with Crippen LogP contribution in [0.1, 0.15) is 36.1 Å². The molecule has 0 spiro atoms. The summed E-state index contributed by atoms with van der Waals surface area (Å²) >= 11 is 0. The van der Waals surface area contributed by atoms with E-state index in [0.29, 0.717) is 34.3 Å². The summed E-state index contributed by atoms with van der Waals surface area (Å²) in [6.07, 6.45) is 4.84. The molecule has 3 heterocycles. The van der Waals surface area contributed by atoms with Gasteiger partial charge in [-0.05, 0) is 36.6 Å². The Hall–Kier alpha value is -4.64. The average molecular weight is 483 g/mol. The zero-order chi connectivity index (χ0) is 24.5. The molecule has 1 aliphatic carbocycles. The van der Waals surface area contributed by atoms with Crippen LogP contribution in [-0.2, 0) is 0 Å². The van der Waals surface area contributed by atoms with Gasteiger partial charge in [-0.1, -0.05) is 35.5 Å². The Labute approximate surface area is 204 Å². The third kappa shape index (κ3) is 4.27. The topological polar surface area (TPSA) is 152 Å². The van der Waals surface area contributed by atoms with E-state index >= 15 is 0 Å². The summed E-state index contributed by atoms with van der Waals surface area (Å²) in [5.74, 6) is 1.25. The number of hydrogen-bond acceptors (Lipinski definition) is 11. The first kappa shape index (κ1) is 21.9. The number of aromatic nitrogens is 5. The van der Waals surface area contributed by atoms with Crippen LogP contribution in [0.25, 0.3) is 22.2 Å². The van der Waals surface area contributed by atoms with E-state index in [1.54, 1.807) is 18.3 Å². The highest BCUT2D eigenvalue weighted by molar-refractivity contribution is 5.87. The lowest BCUT2D eigenvalue weighted by Crippen LogP contribution is -2.17. The lowest BCUT2D eigenvalue weighted by Gasteiger charge is -2.19. The minimum Gasteiger partial charge on any atom is -0.423 e. The second kappa shape index (κ2) is 9.19. The van der Waals surface area contributed by atoms with Crippen molar-refractivity contribution in [3.63, 3.8) is 0 Å². The van der Waals surface area contributed by atoms with Gasteiger partial charge in [0.2, 0.25) is 12.3 Å². The number of nitrogens with one attached hydrogen (secondary N) is 2. The zero-order valence-corrected chi connectivity index (χ0v) is 19.0. The van der Waals surface area contributed by atoms with Gasteiger partial charge in [-0.3, -0.25) is 0 Å². The molecule has 6 rings (SSSR count). The summed E-state index contributed by atoms with van der Waals surface area (Å²) in [7, 11) is 0. The molecule has 0 aliphatic heterocycles. The number of rotatable bonds is 8. The Bertz CT molecular complexity index is 1570. The van der Waals surface area contributed by atoms with Crippen LogP contribution in [0.2, 0.25) is 0 Å². The van der Waals surface area contributed by atoms with E-state index in [1.807, 2.05) is 36.4 Å². The standard InChI is InChI=1S/C25H21N7O4/c33-12-20(14-4-2-1-3-5-14)29-22-19(23-31-27-13-35-23)11-26-25(30-22)28-16-8-9-17-18(10-16)21(15-6-7-15)32-36-24(17)34/h1-5,8-11,13,15,20,33H,6-7,12H2,(H2,26,28,29,30)/t20-/m1/s1. The van der Waals surface area contributed by atoms with E-state index < -0.39 is 11.7 Å². The van der Waals surface area contributed by atoms with Crippen molar-refractivity contribution in [1.82, 2.24) is 25.3 Å². The number of anilines is 3. The Morgan fingerprint density at radius 2 is 1.97 bits per heavy atom. The number of aliphatic hydroxyl groups excluding tert-OH is 1. The van der Waals surface area contributed by atoms with Crippen LogP contribution in [-0.4, -0.2) is 37.0 Å². The Balaban J connectivity index is 1.36. The molecule has 1 fully saturated rings. The van der Waals surface area contributed by atoms with Gasteiger partial charge < -0.3 is 24.7 Å². The predicted molar refractivity (Wildman–Crippen MR) is 131 cm³/mol. The van der Waals surface area contributed by atoms with E-state index in [9.17, 15) is 9.90 Å². The number of hydrogen-bond donors (Lipinski definition) is 3. The van der Waals surface area contributed by atoms with Crippen LogP contribution in [0.5, 0.6) is 0 Å². The summed E-state index contributed by atoms with van der Waals surface area (Å²) in [5, 5.41) is 29.5. The SMILES string of the molecule is O=c1onc(C2CC2)c2cc(Nc3ncc(-c4nnco4)c(N[C@H](CO)c4ccccc4)n3)ccc12. The van der Waals surface area contributed by atoms with E-state index in [2.05, 4.69) is 36.0 Å². The average Bonchev–Trinajstić information content (AvgIpc) is 3.61. The first-order valence-electron chi connectivity index (χ1n) is 11.5. The molecule has 11 heteroatoms. The van der Waals surface area contributed by atoms with Gasteiger partial charge in [0.15, 0.2) is 0 Å². The number of fused-ring (bicyclic) bond motifs is 1. The minimum atomic E-state index is -0.469. The van der Waals surface area contributed by atoms with Gasteiger partial charge in [0.1, 0.15) is 5.82 Å². The maximum atomic E-state index is 12.2. The van der Waals surface area contributed by atoms with Gasteiger partial charge in [-0.2, -0.15) is 4.98 Å². The maximum absolute atomic E-state index is 12.2. The monoisotopic (exact) mass is 483 g/mol. The zero-order valence-electron chi connectivity index (χ0n) is 19.0. The lowest BCUT2D eigenvalue weighted by molar-refractivity contribution is 0.276. The second-order valence-electron chi connectivity index (χ2n) is 8.50. The van der Waals surface area contributed by atoms with E-state index in [4.69, 9.17) is 8.94 Å². The quantitative estimate of drug-likeness (QED) is 0.295. The fourth-order valence-corrected chi connectivity index (χ4v) is 4.06. The van der Waals surface area contributed by atoms with Crippen molar-refractivity contribution in [2.75, 3.05) is 17.2 Å². The molecule has 0 bridgehead atoms. The Kier molecular flexibility index (Phi) is 5.58.